The van der Waals surface area contributed by atoms with E-state index in [4.69, 9.17) is 19.2 Å². The van der Waals surface area contributed by atoms with E-state index in [1.165, 1.54) is 7.11 Å². The Morgan fingerprint density at radius 2 is 1.87 bits per heavy atom. The van der Waals surface area contributed by atoms with Crippen LogP contribution in [0.2, 0.25) is 0 Å². The third-order valence-corrected chi connectivity index (χ3v) is 9.08. The summed E-state index contributed by atoms with van der Waals surface area (Å²) < 4.78 is 45.6. The van der Waals surface area contributed by atoms with Gasteiger partial charge >= 0.3 is 6.09 Å². The normalized spacial score (nSPS) is 16.0. The molecule has 0 aliphatic carbocycles. The van der Waals surface area contributed by atoms with Crippen molar-refractivity contribution in [3.05, 3.63) is 66.5 Å². The molecule has 0 radical (unpaired) electrons. The molecule has 2 N–H and O–H groups in total. The number of hydrogen-bond donors (Lipinski definition) is 2. The molecule has 0 bridgehead atoms. The number of benzene rings is 2. The van der Waals surface area contributed by atoms with Gasteiger partial charge in [0.1, 0.15) is 11.4 Å². The molecule has 0 spiro atoms. The summed E-state index contributed by atoms with van der Waals surface area (Å²) in [5.74, 6) is 1.13. The van der Waals surface area contributed by atoms with Crippen molar-refractivity contribution in [2.24, 2.45) is 0 Å². The Balaban J connectivity index is 1.39. The molecule has 12 nitrogen and oxygen atoms in total. The second kappa shape index (κ2) is 14.1. The fourth-order valence-corrected chi connectivity index (χ4v) is 6.71. The SMILES string of the molecule is COC(C)CS(=O)(=O)Nc1cccc2c(Oc3ncccc3-c3ccnc(NC4CCCN(C(=O)OC(C)(C)C)C4)n3)c(C)ccc12. The van der Waals surface area contributed by atoms with Gasteiger partial charge in [-0.15, -0.1) is 0 Å². The van der Waals surface area contributed by atoms with E-state index in [0.29, 0.717) is 53.0 Å². The smallest absolute Gasteiger partial charge is 0.410 e. The topological polar surface area (TPSA) is 145 Å². The van der Waals surface area contributed by atoms with Crippen molar-refractivity contribution in [3.8, 4) is 22.9 Å². The number of methoxy groups -OCH3 is 1. The molecule has 47 heavy (non-hydrogen) atoms. The van der Waals surface area contributed by atoms with Gasteiger partial charge in [0.2, 0.25) is 21.9 Å². The number of piperidine rings is 1. The number of ether oxygens (including phenoxy) is 3. The van der Waals surface area contributed by atoms with Crippen LogP contribution in [0, 0.1) is 6.92 Å². The molecule has 1 fully saturated rings. The van der Waals surface area contributed by atoms with E-state index in [0.717, 1.165) is 23.8 Å². The molecule has 1 aliphatic heterocycles. The van der Waals surface area contributed by atoms with Crippen LogP contribution >= 0.6 is 0 Å². The fourth-order valence-electron chi connectivity index (χ4n) is 5.36. The number of nitrogens with zero attached hydrogens (tertiary/aromatic N) is 4. The monoisotopic (exact) mass is 662 g/mol. The van der Waals surface area contributed by atoms with Gasteiger partial charge in [-0.3, -0.25) is 4.72 Å². The van der Waals surface area contributed by atoms with Crippen LogP contribution < -0.4 is 14.8 Å². The van der Waals surface area contributed by atoms with Gasteiger partial charge in [-0.1, -0.05) is 24.3 Å². The Bertz CT molecular complexity index is 1840. The average Bonchev–Trinajstić information content (AvgIpc) is 3.02. The predicted molar refractivity (Wildman–Crippen MR) is 182 cm³/mol. The first-order valence-electron chi connectivity index (χ1n) is 15.6. The van der Waals surface area contributed by atoms with Crippen LogP contribution in [-0.2, 0) is 19.5 Å². The van der Waals surface area contributed by atoms with Crippen molar-refractivity contribution >= 4 is 38.5 Å². The second-order valence-electron chi connectivity index (χ2n) is 12.7. The number of pyridine rings is 1. The van der Waals surface area contributed by atoms with Gasteiger partial charge in [0.15, 0.2) is 0 Å². The van der Waals surface area contributed by atoms with Crippen LogP contribution in [0.5, 0.6) is 11.6 Å². The number of anilines is 2. The lowest BCUT2D eigenvalue weighted by molar-refractivity contribution is 0.0206. The largest absolute Gasteiger partial charge is 0.444 e. The number of hydrogen-bond acceptors (Lipinski definition) is 10. The summed E-state index contributed by atoms with van der Waals surface area (Å²) >= 11 is 0. The van der Waals surface area contributed by atoms with Crippen LogP contribution in [0.25, 0.3) is 22.0 Å². The maximum atomic E-state index is 12.8. The third-order valence-electron chi connectivity index (χ3n) is 7.64. The van der Waals surface area contributed by atoms with E-state index < -0.39 is 21.7 Å². The zero-order valence-corrected chi connectivity index (χ0v) is 28.4. The number of nitrogens with one attached hydrogen (secondary N) is 2. The Kier molecular flexibility index (Phi) is 10.2. The highest BCUT2D eigenvalue weighted by molar-refractivity contribution is 7.92. The van der Waals surface area contributed by atoms with E-state index in [1.54, 1.807) is 48.5 Å². The van der Waals surface area contributed by atoms with Crippen molar-refractivity contribution in [2.45, 2.75) is 65.2 Å². The van der Waals surface area contributed by atoms with Gasteiger partial charge in [-0.2, -0.15) is 0 Å². The van der Waals surface area contributed by atoms with Crippen molar-refractivity contribution in [1.29, 1.82) is 0 Å². The summed E-state index contributed by atoms with van der Waals surface area (Å²) in [6, 6.07) is 14.6. The molecule has 2 aromatic carbocycles. The number of aryl methyl sites for hydroxylation is 1. The highest BCUT2D eigenvalue weighted by atomic mass is 32.2. The average molecular weight is 663 g/mol. The van der Waals surface area contributed by atoms with Crippen LogP contribution in [0.15, 0.2) is 60.9 Å². The summed E-state index contributed by atoms with van der Waals surface area (Å²) in [5.41, 5.74) is 1.98. The lowest BCUT2D eigenvalue weighted by Gasteiger charge is -2.34. The molecule has 3 heterocycles. The molecule has 2 atom stereocenters. The number of fused-ring (bicyclic) bond motifs is 1. The van der Waals surface area contributed by atoms with Crippen molar-refractivity contribution in [2.75, 3.05) is 36.0 Å². The highest BCUT2D eigenvalue weighted by Crippen LogP contribution is 2.39. The van der Waals surface area contributed by atoms with Crippen molar-refractivity contribution in [1.82, 2.24) is 19.9 Å². The van der Waals surface area contributed by atoms with Gasteiger partial charge in [-0.25, -0.2) is 28.2 Å². The van der Waals surface area contributed by atoms with Gasteiger partial charge < -0.3 is 24.4 Å². The molecule has 2 unspecified atom stereocenters. The molecule has 1 saturated heterocycles. The Morgan fingerprint density at radius 1 is 1.06 bits per heavy atom. The van der Waals surface area contributed by atoms with E-state index in [1.807, 2.05) is 52.0 Å². The minimum atomic E-state index is -3.67. The number of likely N-dealkylation sites (tertiary alicyclic amines) is 1. The first-order chi connectivity index (χ1) is 22.3. The molecule has 13 heteroatoms. The second-order valence-corrected chi connectivity index (χ2v) is 14.4. The zero-order valence-electron chi connectivity index (χ0n) is 27.6. The minimum absolute atomic E-state index is 0.0428. The molecule has 250 valence electrons. The first-order valence-corrected chi connectivity index (χ1v) is 17.2. The van der Waals surface area contributed by atoms with Crippen LogP contribution in [-0.4, -0.2) is 78.1 Å². The number of amides is 1. The molecule has 5 rings (SSSR count). The quantitative estimate of drug-likeness (QED) is 0.196. The minimum Gasteiger partial charge on any atom is -0.444 e. The molecule has 1 aliphatic rings. The number of carbonyl (C=O) groups is 1. The van der Waals surface area contributed by atoms with Crippen LogP contribution in [0.4, 0.5) is 16.4 Å². The molecule has 0 saturated carbocycles. The number of aromatic nitrogens is 3. The van der Waals surface area contributed by atoms with Crippen LogP contribution in [0.1, 0.15) is 46.1 Å². The summed E-state index contributed by atoms with van der Waals surface area (Å²) in [7, 11) is -2.19. The van der Waals surface area contributed by atoms with Crippen LogP contribution in [0.3, 0.4) is 0 Å². The molecule has 2 aromatic heterocycles. The standard InChI is InChI=1S/C34H42N6O6S/c1-22-14-15-25-26(11-7-13-29(25)39-47(42,43)21-23(2)44-6)30(22)45-31-27(12-8-17-35-31)28-16-18-36-32(38-28)37-24-10-9-19-40(20-24)33(41)46-34(3,4)5/h7-8,11-18,23-24,39H,9-10,19-21H2,1-6H3,(H,36,37,38). The van der Waals surface area contributed by atoms with Crippen molar-refractivity contribution in [3.63, 3.8) is 0 Å². The lowest BCUT2D eigenvalue weighted by atomic mass is 10.0. The van der Waals surface area contributed by atoms with Gasteiger partial charge in [0.25, 0.3) is 0 Å². The maximum absolute atomic E-state index is 12.8. The Morgan fingerprint density at radius 3 is 2.64 bits per heavy atom. The highest BCUT2D eigenvalue weighted by Gasteiger charge is 2.28. The summed E-state index contributed by atoms with van der Waals surface area (Å²) in [5, 5.41) is 4.79. The van der Waals surface area contributed by atoms with E-state index >= 15 is 0 Å². The van der Waals surface area contributed by atoms with Crippen molar-refractivity contribution < 1.29 is 27.4 Å². The number of sulfonamides is 1. The van der Waals surface area contributed by atoms with E-state index in [-0.39, 0.29) is 17.9 Å². The molecule has 1 amide bonds. The van der Waals surface area contributed by atoms with E-state index in [9.17, 15) is 13.2 Å². The molecule has 4 aromatic rings. The van der Waals surface area contributed by atoms with Gasteiger partial charge in [0.05, 0.1) is 28.8 Å². The summed E-state index contributed by atoms with van der Waals surface area (Å²) in [6.45, 7) is 10.3. The van der Waals surface area contributed by atoms with Gasteiger partial charge in [0, 0.05) is 49.4 Å². The lowest BCUT2D eigenvalue weighted by Crippen LogP contribution is -2.47. The maximum Gasteiger partial charge on any atom is 0.410 e. The number of rotatable bonds is 10. The third kappa shape index (κ3) is 8.66. The first kappa shape index (κ1) is 33.9. The predicted octanol–water partition coefficient (Wildman–Crippen LogP) is 6.38. The fraction of sp³-hybridized carbons (Fsp3) is 0.412. The summed E-state index contributed by atoms with van der Waals surface area (Å²) in [4.78, 5) is 28.1. The Hall–Kier alpha value is -4.49. The Labute approximate surface area is 275 Å². The van der Waals surface area contributed by atoms with Gasteiger partial charge in [-0.05, 0) is 77.3 Å². The molecular weight excluding hydrogens is 620 g/mol. The number of carbonyl (C=O) groups excluding carboxylic acids is 1. The van der Waals surface area contributed by atoms with E-state index in [2.05, 4.69) is 20.0 Å². The zero-order chi connectivity index (χ0) is 33.8. The molecular formula is C34H42N6O6S. The summed E-state index contributed by atoms with van der Waals surface area (Å²) in [6.07, 6.45) is 4.21.